The molecule has 1 fully saturated rings. The highest BCUT2D eigenvalue weighted by atomic mass is 35.5. The van der Waals surface area contributed by atoms with Gasteiger partial charge in [-0.15, -0.1) is 12.4 Å². The third-order valence-corrected chi connectivity index (χ3v) is 4.70. The summed E-state index contributed by atoms with van der Waals surface area (Å²) >= 11 is 0. The van der Waals surface area contributed by atoms with Gasteiger partial charge in [0.25, 0.3) is 0 Å². The topological polar surface area (TPSA) is 61.4 Å². The lowest BCUT2D eigenvalue weighted by Crippen LogP contribution is -2.55. The zero-order valence-corrected chi connectivity index (χ0v) is 17.3. The van der Waals surface area contributed by atoms with Crippen molar-refractivity contribution < 1.29 is 9.59 Å². The minimum absolute atomic E-state index is 0. The van der Waals surface area contributed by atoms with Crippen LogP contribution in [0.4, 0.5) is 0 Å². The fourth-order valence-electron chi connectivity index (χ4n) is 2.97. The molecule has 2 N–H and O–H groups in total. The number of benzene rings is 1. The van der Waals surface area contributed by atoms with E-state index >= 15 is 0 Å². The summed E-state index contributed by atoms with van der Waals surface area (Å²) in [6.45, 7) is 11.6. The van der Waals surface area contributed by atoms with Gasteiger partial charge < -0.3 is 15.5 Å². The number of carbonyl (C=O) groups is 2. The van der Waals surface area contributed by atoms with Gasteiger partial charge in [-0.2, -0.15) is 0 Å². The Kier molecular flexibility index (Phi) is 8.10. The maximum Gasteiger partial charge on any atom is 0.245 e. The van der Waals surface area contributed by atoms with Crippen LogP contribution in [0.3, 0.4) is 0 Å². The molecule has 2 amide bonds. The normalized spacial score (nSPS) is 18.7. The van der Waals surface area contributed by atoms with Crippen LogP contribution in [-0.2, 0) is 16.0 Å². The molecule has 2 rings (SSSR count). The Labute approximate surface area is 163 Å². The van der Waals surface area contributed by atoms with E-state index in [0.717, 1.165) is 25.1 Å². The number of nitrogens with zero attached hydrogens (tertiary/aromatic N) is 1. The van der Waals surface area contributed by atoms with Crippen molar-refractivity contribution in [2.24, 2.45) is 5.41 Å². The lowest BCUT2D eigenvalue weighted by atomic mass is 9.95. The summed E-state index contributed by atoms with van der Waals surface area (Å²) in [6, 6.07) is 7.93. The Morgan fingerprint density at radius 2 is 1.88 bits per heavy atom. The first-order valence-electron chi connectivity index (χ1n) is 9.15. The molecular weight excluding hydrogens is 350 g/mol. The summed E-state index contributed by atoms with van der Waals surface area (Å²) in [5.74, 6) is -0.129. The molecular formula is C20H32ClN3O2. The minimum Gasteiger partial charge on any atom is -0.344 e. The maximum atomic E-state index is 13.0. The number of piperazine rings is 1. The number of halogens is 1. The summed E-state index contributed by atoms with van der Waals surface area (Å²) in [7, 11) is 0. The van der Waals surface area contributed by atoms with Gasteiger partial charge in [0.05, 0.1) is 6.04 Å². The largest absolute Gasteiger partial charge is 0.344 e. The molecule has 1 aromatic carbocycles. The van der Waals surface area contributed by atoms with E-state index in [-0.39, 0.29) is 30.3 Å². The first-order chi connectivity index (χ1) is 11.7. The molecule has 0 bridgehead atoms. The lowest BCUT2D eigenvalue weighted by Gasteiger charge is -2.38. The molecule has 2 atom stereocenters. The van der Waals surface area contributed by atoms with Crippen LogP contribution < -0.4 is 10.6 Å². The highest BCUT2D eigenvalue weighted by molar-refractivity contribution is 5.89. The van der Waals surface area contributed by atoms with Crippen LogP contribution in [0.2, 0.25) is 0 Å². The Bertz CT molecular complexity index is 610. The minimum atomic E-state index is -0.526. The monoisotopic (exact) mass is 381 g/mol. The zero-order valence-electron chi connectivity index (χ0n) is 16.5. The first-order valence-corrected chi connectivity index (χ1v) is 9.15. The number of hydrogen-bond acceptors (Lipinski definition) is 3. The highest BCUT2D eigenvalue weighted by Crippen LogP contribution is 2.24. The van der Waals surface area contributed by atoms with Crippen molar-refractivity contribution in [3.63, 3.8) is 0 Å². The van der Waals surface area contributed by atoms with Gasteiger partial charge in [0, 0.05) is 25.0 Å². The molecule has 1 aromatic rings. The zero-order chi connectivity index (χ0) is 18.6. The van der Waals surface area contributed by atoms with Crippen LogP contribution in [0.25, 0.3) is 0 Å². The Morgan fingerprint density at radius 1 is 1.27 bits per heavy atom. The van der Waals surface area contributed by atoms with E-state index in [4.69, 9.17) is 0 Å². The number of aryl methyl sites for hydroxylation is 1. The van der Waals surface area contributed by atoms with E-state index in [1.54, 1.807) is 6.92 Å². The predicted molar refractivity (Wildman–Crippen MR) is 107 cm³/mol. The predicted octanol–water partition coefficient (Wildman–Crippen LogP) is 2.69. The summed E-state index contributed by atoms with van der Waals surface area (Å²) in [5.41, 5.74) is 1.91. The van der Waals surface area contributed by atoms with E-state index in [2.05, 4.69) is 41.8 Å². The van der Waals surface area contributed by atoms with Gasteiger partial charge in [0.2, 0.25) is 11.8 Å². The highest BCUT2D eigenvalue weighted by Gasteiger charge is 2.32. The molecule has 1 aliphatic rings. The first kappa shape index (κ1) is 22.5. The SMILES string of the molecule is CCc1ccc(C2CNCCN2C(=O)C(C)NC(=O)C(C)(C)C)cc1.Cl. The molecule has 0 saturated carbocycles. The average Bonchev–Trinajstić information content (AvgIpc) is 2.60. The fourth-order valence-corrected chi connectivity index (χ4v) is 2.97. The van der Waals surface area contributed by atoms with Crippen molar-refractivity contribution in [3.05, 3.63) is 35.4 Å². The van der Waals surface area contributed by atoms with Crippen molar-refractivity contribution in [1.82, 2.24) is 15.5 Å². The van der Waals surface area contributed by atoms with Crippen LogP contribution in [-0.4, -0.2) is 42.4 Å². The second-order valence-corrected chi connectivity index (χ2v) is 7.79. The third kappa shape index (κ3) is 5.45. The molecule has 146 valence electrons. The molecule has 0 spiro atoms. The van der Waals surface area contributed by atoms with Crippen molar-refractivity contribution in [2.45, 2.75) is 53.1 Å². The Morgan fingerprint density at radius 3 is 2.42 bits per heavy atom. The second-order valence-electron chi connectivity index (χ2n) is 7.79. The number of nitrogens with one attached hydrogen (secondary N) is 2. The molecule has 2 unspecified atom stereocenters. The Hall–Kier alpha value is -1.59. The van der Waals surface area contributed by atoms with Crippen molar-refractivity contribution in [1.29, 1.82) is 0 Å². The smallest absolute Gasteiger partial charge is 0.245 e. The molecule has 6 heteroatoms. The standard InChI is InChI=1S/C20H31N3O2.ClH/c1-6-15-7-9-16(10-8-15)17-13-21-11-12-23(17)18(24)14(2)22-19(25)20(3,4)5;/h7-10,14,17,21H,6,11-13H2,1-5H3,(H,22,25);1H. The fraction of sp³-hybridized carbons (Fsp3) is 0.600. The second kappa shape index (κ2) is 9.38. The molecule has 0 aromatic heterocycles. The van der Waals surface area contributed by atoms with Crippen LogP contribution in [0, 0.1) is 5.41 Å². The molecule has 0 aliphatic carbocycles. The van der Waals surface area contributed by atoms with Gasteiger partial charge >= 0.3 is 0 Å². The van der Waals surface area contributed by atoms with Crippen LogP contribution in [0.5, 0.6) is 0 Å². The third-order valence-electron chi connectivity index (χ3n) is 4.70. The van der Waals surface area contributed by atoms with E-state index < -0.39 is 11.5 Å². The van der Waals surface area contributed by atoms with Gasteiger partial charge in [-0.3, -0.25) is 9.59 Å². The van der Waals surface area contributed by atoms with Crippen molar-refractivity contribution >= 4 is 24.2 Å². The molecule has 0 radical (unpaired) electrons. The quantitative estimate of drug-likeness (QED) is 0.842. The van der Waals surface area contributed by atoms with Gasteiger partial charge in [-0.25, -0.2) is 0 Å². The molecule has 1 aliphatic heterocycles. The molecule has 5 nitrogen and oxygen atoms in total. The number of carbonyl (C=O) groups excluding carboxylic acids is 2. The van der Waals surface area contributed by atoms with E-state index in [1.165, 1.54) is 5.56 Å². The van der Waals surface area contributed by atoms with E-state index in [1.807, 2.05) is 25.7 Å². The van der Waals surface area contributed by atoms with Gasteiger partial charge in [0.15, 0.2) is 0 Å². The van der Waals surface area contributed by atoms with Crippen LogP contribution in [0.15, 0.2) is 24.3 Å². The van der Waals surface area contributed by atoms with Gasteiger partial charge in [0.1, 0.15) is 6.04 Å². The summed E-state index contributed by atoms with van der Waals surface area (Å²) in [6.07, 6.45) is 1.00. The van der Waals surface area contributed by atoms with Crippen molar-refractivity contribution in [2.75, 3.05) is 19.6 Å². The average molecular weight is 382 g/mol. The van der Waals surface area contributed by atoms with Gasteiger partial charge in [-0.1, -0.05) is 52.0 Å². The summed E-state index contributed by atoms with van der Waals surface area (Å²) < 4.78 is 0. The van der Waals surface area contributed by atoms with E-state index in [0.29, 0.717) is 6.54 Å². The summed E-state index contributed by atoms with van der Waals surface area (Å²) in [5, 5.41) is 6.23. The van der Waals surface area contributed by atoms with E-state index in [9.17, 15) is 9.59 Å². The molecule has 1 heterocycles. The molecule has 1 saturated heterocycles. The van der Waals surface area contributed by atoms with Crippen molar-refractivity contribution in [3.8, 4) is 0 Å². The lowest BCUT2D eigenvalue weighted by molar-refractivity contribution is -0.140. The van der Waals surface area contributed by atoms with Gasteiger partial charge in [-0.05, 0) is 24.5 Å². The number of amides is 2. The van der Waals surface area contributed by atoms with Crippen LogP contribution >= 0.6 is 12.4 Å². The number of rotatable bonds is 4. The summed E-state index contributed by atoms with van der Waals surface area (Å²) in [4.78, 5) is 27.0. The molecule has 26 heavy (non-hydrogen) atoms. The Balaban J connectivity index is 0.00000338. The van der Waals surface area contributed by atoms with Crippen LogP contribution in [0.1, 0.15) is 51.8 Å². The maximum absolute atomic E-state index is 13.0. The number of hydrogen-bond donors (Lipinski definition) is 2.